The number of hydrogen-bond acceptors (Lipinski definition) is 0. The van der Waals surface area contributed by atoms with Crippen LogP contribution < -0.4 is 30.1 Å². The molecule has 0 aliphatic heterocycles. The Balaban J connectivity index is 0.00000120. The van der Waals surface area contributed by atoms with Crippen LogP contribution in [0.3, 0.4) is 0 Å². The second kappa shape index (κ2) is 10.1. The number of hydrogen-bond donors (Lipinski definition) is 0. The van der Waals surface area contributed by atoms with Gasteiger partial charge in [-0.1, -0.05) is 0 Å². The molecule has 2 aromatic carbocycles. The van der Waals surface area contributed by atoms with Gasteiger partial charge in [0.05, 0.1) is 0 Å². The third-order valence-corrected chi connectivity index (χ3v) is 11.5. The summed E-state index contributed by atoms with van der Waals surface area (Å²) < 4.78 is 1.67. The molecule has 0 amide bonds. The Bertz CT molecular complexity index is 949. The average molecular weight is 475 g/mol. The fraction of sp³-hybridized carbons (Fsp3) is 0.280. The fourth-order valence-electron chi connectivity index (χ4n) is 4.84. The van der Waals surface area contributed by atoms with Crippen molar-refractivity contribution in [1.29, 1.82) is 0 Å². The van der Waals surface area contributed by atoms with Crippen molar-refractivity contribution < 1.29 is 44.0 Å². The molecule has 3 aliphatic rings. The first kappa shape index (κ1) is 23.1. The molecule has 2 aromatic rings. The monoisotopic (exact) mass is 474 g/mol. The van der Waals surface area contributed by atoms with Crippen LogP contribution in [0, 0.1) is 18.8 Å². The van der Waals surface area contributed by atoms with Crippen LogP contribution >= 0.6 is 8.58 Å². The van der Waals surface area contributed by atoms with Crippen LogP contribution in [0.5, 0.6) is 0 Å². The molecule has 0 aromatic heterocycles. The van der Waals surface area contributed by atoms with Crippen LogP contribution in [-0.4, -0.2) is 0 Å². The zero-order valence-corrected chi connectivity index (χ0v) is 20.6. The van der Waals surface area contributed by atoms with Crippen LogP contribution in [0.1, 0.15) is 33.8 Å². The van der Waals surface area contributed by atoms with Crippen molar-refractivity contribution in [2.24, 2.45) is 11.8 Å². The van der Waals surface area contributed by atoms with E-state index in [1.165, 1.54) is 29.3 Å². The van der Waals surface area contributed by atoms with Gasteiger partial charge in [-0.05, 0) is 0 Å². The average Bonchev–Trinajstić information content (AvgIpc) is 3.26. The molecule has 3 aliphatic carbocycles. The smallest absolute Gasteiger partial charge is 1.00 e. The summed E-state index contributed by atoms with van der Waals surface area (Å²) in [5, 5.41) is 3.22. The number of benzene rings is 2. The van der Waals surface area contributed by atoms with E-state index in [4.69, 9.17) is 0 Å². The van der Waals surface area contributed by atoms with Crippen LogP contribution in [0.2, 0.25) is 4.22 Å². The molecule has 0 heterocycles. The van der Waals surface area contributed by atoms with E-state index in [9.17, 15) is 0 Å². The van der Waals surface area contributed by atoms with Gasteiger partial charge < -0.3 is 24.8 Å². The van der Waals surface area contributed by atoms with Crippen LogP contribution in [0.15, 0.2) is 78.1 Å². The SMILES string of the molecule is Cc1ccccc1PC1=Cc2ccccc2[CH]1[Ti+2][CH]1CCC2C=CC=CC21.[Cl-].[Cl-]. The Kier molecular flexibility index (Phi) is 8.05. The van der Waals surface area contributed by atoms with Crippen molar-refractivity contribution >= 4 is 20.0 Å². The molecule has 0 N–H and O–H groups in total. The summed E-state index contributed by atoms with van der Waals surface area (Å²) >= 11 is -0.0783. The first-order valence-corrected chi connectivity index (χ1v) is 12.8. The molecule has 5 rings (SSSR count). The van der Waals surface area contributed by atoms with Crippen molar-refractivity contribution in [1.82, 2.24) is 0 Å². The van der Waals surface area contributed by atoms with Gasteiger partial charge in [0.2, 0.25) is 0 Å². The van der Waals surface area contributed by atoms with E-state index in [0.717, 1.165) is 28.9 Å². The number of fused-ring (bicyclic) bond motifs is 2. The van der Waals surface area contributed by atoms with E-state index in [2.05, 4.69) is 85.8 Å². The molecule has 0 radical (unpaired) electrons. The van der Waals surface area contributed by atoms with Crippen LogP contribution in [0.4, 0.5) is 0 Å². The van der Waals surface area contributed by atoms with Crippen LogP contribution in [-0.2, 0) is 19.2 Å². The van der Waals surface area contributed by atoms with Gasteiger partial charge in [-0.25, -0.2) is 0 Å². The van der Waals surface area contributed by atoms with E-state index in [-0.39, 0.29) is 44.0 Å². The first-order chi connectivity index (χ1) is 13.3. The molecule has 1 fully saturated rings. The number of rotatable bonds is 4. The minimum atomic E-state index is -0.0783. The summed E-state index contributed by atoms with van der Waals surface area (Å²) in [6, 6.07) is 18.1. The third-order valence-electron chi connectivity index (χ3n) is 6.31. The Hall–Kier alpha value is -0.616. The maximum atomic E-state index is 2.53. The van der Waals surface area contributed by atoms with Gasteiger partial charge in [-0.3, -0.25) is 0 Å². The Morgan fingerprint density at radius 2 is 1.66 bits per heavy atom. The predicted octanol–water partition coefficient (Wildman–Crippen LogP) is 0.426. The minimum Gasteiger partial charge on any atom is -1.00 e. The Labute approximate surface area is 197 Å². The molecule has 4 heteroatoms. The summed E-state index contributed by atoms with van der Waals surface area (Å²) in [6.45, 7) is 2.26. The molecule has 1 saturated carbocycles. The summed E-state index contributed by atoms with van der Waals surface area (Å²) in [6.07, 6.45) is 14.9. The number of allylic oxidation sites excluding steroid dienone is 5. The summed E-state index contributed by atoms with van der Waals surface area (Å²) in [5.74, 6) is 1.62. The van der Waals surface area contributed by atoms with Gasteiger partial charge in [-0.15, -0.1) is 0 Å². The maximum absolute atomic E-state index is 2.53. The Morgan fingerprint density at radius 1 is 0.897 bits per heavy atom. The van der Waals surface area contributed by atoms with Gasteiger partial charge in [0.15, 0.2) is 0 Å². The molecule has 5 atom stereocenters. The molecule has 29 heavy (non-hydrogen) atoms. The van der Waals surface area contributed by atoms with E-state index in [1.54, 1.807) is 10.9 Å². The fourth-order valence-corrected chi connectivity index (χ4v) is 10.0. The normalized spacial score (nSPS) is 26.3. The van der Waals surface area contributed by atoms with Crippen molar-refractivity contribution in [3.63, 3.8) is 0 Å². The zero-order valence-electron chi connectivity index (χ0n) is 16.5. The van der Waals surface area contributed by atoms with Gasteiger partial charge in [0, 0.05) is 0 Å². The van der Waals surface area contributed by atoms with Crippen molar-refractivity contribution in [3.05, 3.63) is 94.8 Å². The van der Waals surface area contributed by atoms with Crippen molar-refractivity contribution in [2.75, 3.05) is 0 Å². The van der Waals surface area contributed by atoms with Crippen molar-refractivity contribution in [2.45, 2.75) is 28.2 Å². The topological polar surface area (TPSA) is 0 Å². The van der Waals surface area contributed by atoms with Crippen LogP contribution in [0.25, 0.3) is 6.08 Å². The zero-order chi connectivity index (χ0) is 18.2. The third kappa shape index (κ3) is 4.68. The molecular formula is C25H25Cl2PTi. The Morgan fingerprint density at radius 3 is 2.52 bits per heavy atom. The quantitative estimate of drug-likeness (QED) is 0.445. The summed E-state index contributed by atoms with van der Waals surface area (Å²) in [7, 11) is 0.818. The predicted molar refractivity (Wildman–Crippen MR) is 115 cm³/mol. The van der Waals surface area contributed by atoms with Gasteiger partial charge >= 0.3 is 174 Å². The molecule has 0 saturated heterocycles. The second-order valence-electron chi connectivity index (χ2n) is 7.96. The van der Waals surface area contributed by atoms with Gasteiger partial charge in [0.25, 0.3) is 0 Å². The first-order valence-electron chi connectivity index (χ1n) is 10.0. The number of aryl methyl sites for hydroxylation is 1. The van der Waals surface area contributed by atoms with E-state index >= 15 is 0 Å². The summed E-state index contributed by atoms with van der Waals surface area (Å²) in [4.78, 5) is 0. The second-order valence-corrected chi connectivity index (χ2v) is 11.9. The molecule has 0 bridgehead atoms. The maximum Gasteiger partial charge on any atom is -1.00 e. The molecular weight excluding hydrogens is 450 g/mol. The van der Waals surface area contributed by atoms with E-state index in [0.29, 0.717) is 0 Å². The standard InChI is InChI=1S/C16H14P.C9H11.2ClH.Ti/c1-12-6-2-5-9-16(12)17-15-10-13-7-3-4-8-14(13)11-15;1-2-5-9-7-3-6-8(9)4-1;;;/h2-11,17H,1H3;1-2,4-6,8-9H,3,7H2;2*1H;/q;;;;+2/p-2. The van der Waals surface area contributed by atoms with Crippen molar-refractivity contribution in [3.8, 4) is 0 Å². The summed E-state index contributed by atoms with van der Waals surface area (Å²) in [5.41, 5.74) is 4.54. The molecule has 148 valence electrons. The largest absolute Gasteiger partial charge is 1.00 e. The van der Waals surface area contributed by atoms with Gasteiger partial charge in [-0.2, -0.15) is 0 Å². The molecule has 0 spiro atoms. The molecule has 0 nitrogen and oxygen atoms in total. The van der Waals surface area contributed by atoms with E-state index in [1.807, 2.05) is 0 Å². The molecule has 5 unspecified atom stereocenters. The number of halogens is 2. The van der Waals surface area contributed by atoms with E-state index < -0.39 is 0 Å². The minimum absolute atomic E-state index is 0. The van der Waals surface area contributed by atoms with Gasteiger partial charge in [0.1, 0.15) is 0 Å².